The van der Waals surface area contributed by atoms with E-state index in [1.807, 2.05) is 0 Å². The third-order valence-electron chi connectivity index (χ3n) is 2.51. The van der Waals surface area contributed by atoms with Gasteiger partial charge in [-0.2, -0.15) is 0 Å². The molecular weight excluding hydrogens is 152 g/mol. The largest absolute Gasteiger partial charge is 0.355 e. The van der Waals surface area contributed by atoms with Crippen molar-refractivity contribution < 1.29 is 4.79 Å². The summed E-state index contributed by atoms with van der Waals surface area (Å²) >= 11 is 0. The van der Waals surface area contributed by atoms with Crippen LogP contribution >= 0.6 is 0 Å². The van der Waals surface area contributed by atoms with Crippen molar-refractivity contribution in [3.63, 3.8) is 0 Å². The summed E-state index contributed by atoms with van der Waals surface area (Å²) in [4.78, 5) is 11.4. The van der Waals surface area contributed by atoms with Gasteiger partial charge in [0.05, 0.1) is 5.54 Å². The number of unbranched alkanes of at least 4 members (excludes halogenated alkanes) is 1. The third-order valence-corrected chi connectivity index (χ3v) is 2.51. The number of nitrogens with one attached hydrogen (secondary N) is 1. The summed E-state index contributed by atoms with van der Waals surface area (Å²) in [6.07, 6.45) is 4.84. The van der Waals surface area contributed by atoms with Gasteiger partial charge in [0.15, 0.2) is 0 Å². The topological polar surface area (TPSA) is 55.1 Å². The molecule has 0 radical (unpaired) electrons. The minimum Gasteiger partial charge on any atom is -0.355 e. The van der Waals surface area contributed by atoms with Gasteiger partial charge in [-0.1, -0.05) is 19.8 Å². The molecule has 0 aliphatic carbocycles. The van der Waals surface area contributed by atoms with Crippen LogP contribution in [0.1, 0.15) is 39.0 Å². The highest BCUT2D eigenvalue weighted by molar-refractivity contribution is 5.86. The first-order valence-corrected chi connectivity index (χ1v) is 4.76. The minimum absolute atomic E-state index is 0.0437. The zero-order valence-corrected chi connectivity index (χ0v) is 7.73. The molecule has 0 saturated carbocycles. The molecule has 1 saturated heterocycles. The lowest BCUT2D eigenvalue weighted by atomic mass is 9.85. The SMILES string of the molecule is CCCCC1(N)CCCNC1=O. The first kappa shape index (κ1) is 9.52. The van der Waals surface area contributed by atoms with E-state index < -0.39 is 5.54 Å². The van der Waals surface area contributed by atoms with Crippen LogP contribution in [-0.4, -0.2) is 18.0 Å². The molecule has 3 N–H and O–H groups in total. The Bertz CT molecular complexity index is 170. The maximum atomic E-state index is 11.4. The van der Waals surface area contributed by atoms with Crippen molar-refractivity contribution in [2.75, 3.05) is 6.54 Å². The van der Waals surface area contributed by atoms with Crippen LogP contribution in [0.4, 0.5) is 0 Å². The molecule has 1 aliphatic rings. The summed E-state index contributed by atoms with van der Waals surface area (Å²) in [6.45, 7) is 2.91. The number of hydrogen-bond acceptors (Lipinski definition) is 2. The van der Waals surface area contributed by atoms with E-state index in [9.17, 15) is 4.79 Å². The Morgan fingerprint density at radius 1 is 1.67 bits per heavy atom. The fourth-order valence-corrected chi connectivity index (χ4v) is 1.63. The quantitative estimate of drug-likeness (QED) is 0.657. The van der Waals surface area contributed by atoms with Crippen molar-refractivity contribution in [1.29, 1.82) is 0 Å². The van der Waals surface area contributed by atoms with Gasteiger partial charge in [0.2, 0.25) is 5.91 Å². The van der Waals surface area contributed by atoms with E-state index in [1.54, 1.807) is 0 Å². The Morgan fingerprint density at radius 2 is 2.42 bits per heavy atom. The standard InChI is InChI=1S/C9H18N2O/c1-2-3-5-9(10)6-4-7-11-8(9)12/h2-7,10H2,1H3,(H,11,12). The Morgan fingerprint density at radius 3 is 3.00 bits per heavy atom. The normalized spacial score (nSPS) is 30.0. The van der Waals surface area contributed by atoms with E-state index in [4.69, 9.17) is 5.73 Å². The van der Waals surface area contributed by atoms with Crippen LogP contribution < -0.4 is 11.1 Å². The zero-order valence-electron chi connectivity index (χ0n) is 7.73. The predicted octanol–water partition coefficient (Wildman–Crippen LogP) is 0.784. The number of hydrogen-bond donors (Lipinski definition) is 2. The minimum atomic E-state index is -0.561. The maximum absolute atomic E-state index is 11.4. The lowest BCUT2D eigenvalue weighted by Crippen LogP contribution is -2.57. The van der Waals surface area contributed by atoms with Crippen molar-refractivity contribution in [1.82, 2.24) is 5.32 Å². The fraction of sp³-hybridized carbons (Fsp3) is 0.889. The molecule has 0 spiro atoms. The molecule has 70 valence electrons. The molecule has 12 heavy (non-hydrogen) atoms. The second kappa shape index (κ2) is 3.90. The van der Waals surface area contributed by atoms with Crippen molar-refractivity contribution in [3.05, 3.63) is 0 Å². The van der Waals surface area contributed by atoms with Crippen LogP contribution in [0.2, 0.25) is 0 Å². The summed E-state index contributed by atoms with van der Waals surface area (Å²) in [5.74, 6) is 0.0437. The van der Waals surface area contributed by atoms with E-state index in [0.29, 0.717) is 0 Å². The van der Waals surface area contributed by atoms with Crippen LogP contribution in [0.15, 0.2) is 0 Å². The smallest absolute Gasteiger partial charge is 0.240 e. The molecule has 1 aliphatic heterocycles. The summed E-state index contributed by atoms with van der Waals surface area (Å²) in [5.41, 5.74) is 5.42. The molecule has 1 rings (SSSR count). The molecule has 0 aromatic rings. The molecule has 0 aromatic carbocycles. The average molecular weight is 170 g/mol. The van der Waals surface area contributed by atoms with E-state index in [2.05, 4.69) is 12.2 Å². The number of carbonyl (C=O) groups is 1. The second-order valence-electron chi connectivity index (χ2n) is 3.62. The zero-order chi connectivity index (χ0) is 9.03. The highest BCUT2D eigenvalue weighted by Crippen LogP contribution is 2.20. The lowest BCUT2D eigenvalue weighted by molar-refractivity contribution is -0.128. The lowest BCUT2D eigenvalue weighted by Gasteiger charge is -2.32. The summed E-state index contributed by atoms with van der Waals surface area (Å²) in [5, 5.41) is 2.82. The van der Waals surface area contributed by atoms with Crippen LogP contribution in [0.3, 0.4) is 0 Å². The van der Waals surface area contributed by atoms with E-state index in [1.165, 1.54) is 0 Å². The van der Waals surface area contributed by atoms with Gasteiger partial charge >= 0.3 is 0 Å². The monoisotopic (exact) mass is 170 g/mol. The van der Waals surface area contributed by atoms with Crippen molar-refractivity contribution in [2.24, 2.45) is 5.73 Å². The van der Waals surface area contributed by atoms with Crippen molar-refractivity contribution in [3.8, 4) is 0 Å². The maximum Gasteiger partial charge on any atom is 0.240 e. The molecule has 1 fully saturated rings. The van der Waals surface area contributed by atoms with Gasteiger partial charge in [-0.15, -0.1) is 0 Å². The average Bonchev–Trinajstić information content (AvgIpc) is 2.07. The Hall–Kier alpha value is -0.570. The van der Waals surface area contributed by atoms with Gasteiger partial charge in [-0.25, -0.2) is 0 Å². The second-order valence-corrected chi connectivity index (χ2v) is 3.62. The number of nitrogens with two attached hydrogens (primary N) is 1. The molecule has 0 aromatic heterocycles. The number of carbonyl (C=O) groups excluding carboxylic acids is 1. The first-order valence-electron chi connectivity index (χ1n) is 4.76. The van der Waals surface area contributed by atoms with Crippen LogP contribution in [-0.2, 0) is 4.79 Å². The van der Waals surface area contributed by atoms with Crippen LogP contribution in [0, 0.1) is 0 Å². The molecule has 1 unspecified atom stereocenters. The van der Waals surface area contributed by atoms with E-state index >= 15 is 0 Å². The highest BCUT2D eigenvalue weighted by Gasteiger charge is 2.34. The van der Waals surface area contributed by atoms with Gasteiger partial charge in [-0.05, 0) is 19.3 Å². The molecule has 1 amide bonds. The Kier molecular flexibility index (Phi) is 3.09. The van der Waals surface area contributed by atoms with Gasteiger partial charge in [0.25, 0.3) is 0 Å². The Balaban J connectivity index is 2.48. The first-order chi connectivity index (χ1) is 5.69. The molecule has 0 bridgehead atoms. The summed E-state index contributed by atoms with van der Waals surface area (Å²) < 4.78 is 0. The third kappa shape index (κ3) is 1.97. The molecular formula is C9H18N2O. The molecule has 1 heterocycles. The number of rotatable bonds is 3. The fourth-order valence-electron chi connectivity index (χ4n) is 1.63. The van der Waals surface area contributed by atoms with Gasteiger partial charge in [0, 0.05) is 6.54 Å². The molecule has 3 nitrogen and oxygen atoms in total. The van der Waals surface area contributed by atoms with Crippen molar-refractivity contribution in [2.45, 2.75) is 44.6 Å². The number of piperidine rings is 1. The van der Waals surface area contributed by atoms with Crippen molar-refractivity contribution >= 4 is 5.91 Å². The van der Waals surface area contributed by atoms with Gasteiger partial charge in [-0.3, -0.25) is 4.79 Å². The summed E-state index contributed by atoms with van der Waals surface area (Å²) in [7, 11) is 0. The highest BCUT2D eigenvalue weighted by atomic mass is 16.2. The predicted molar refractivity (Wildman–Crippen MR) is 48.7 cm³/mol. The van der Waals surface area contributed by atoms with E-state index in [-0.39, 0.29) is 5.91 Å². The van der Waals surface area contributed by atoms with Crippen LogP contribution in [0.5, 0.6) is 0 Å². The summed E-state index contributed by atoms with van der Waals surface area (Å²) in [6, 6.07) is 0. The molecule has 3 heteroatoms. The van der Waals surface area contributed by atoms with Crippen LogP contribution in [0.25, 0.3) is 0 Å². The van der Waals surface area contributed by atoms with E-state index in [0.717, 1.165) is 38.6 Å². The molecule has 1 atom stereocenters. The Labute approximate surface area is 73.7 Å². The van der Waals surface area contributed by atoms with Gasteiger partial charge in [0.1, 0.15) is 0 Å². The van der Waals surface area contributed by atoms with Gasteiger partial charge < -0.3 is 11.1 Å². The number of amides is 1.